The highest BCUT2D eigenvalue weighted by Gasteiger charge is 2.43. The van der Waals surface area contributed by atoms with Crippen LogP contribution in [0.4, 0.5) is 0 Å². The van der Waals surface area contributed by atoms with Crippen molar-refractivity contribution in [3.05, 3.63) is 75.6 Å². The summed E-state index contributed by atoms with van der Waals surface area (Å²) in [5, 5.41) is 17.1. The van der Waals surface area contributed by atoms with Gasteiger partial charge in [-0.2, -0.15) is 0 Å². The highest BCUT2D eigenvalue weighted by Crippen LogP contribution is 2.40. The van der Waals surface area contributed by atoms with Gasteiger partial charge in [0.2, 0.25) is 5.91 Å². The predicted octanol–water partition coefficient (Wildman–Crippen LogP) is 1.88. The molecule has 3 aromatic rings. The molecule has 0 unspecified atom stereocenters. The van der Waals surface area contributed by atoms with Crippen molar-refractivity contribution in [2.75, 3.05) is 40.3 Å². The van der Waals surface area contributed by atoms with Gasteiger partial charge >= 0.3 is 0 Å². The van der Waals surface area contributed by atoms with Crippen molar-refractivity contribution < 1.29 is 24.0 Å². The number of nitrogens with zero attached hydrogens (tertiary/aromatic N) is 3. The molecule has 38 heavy (non-hydrogen) atoms. The number of rotatable bonds is 7. The molecule has 8 nitrogen and oxygen atoms in total. The van der Waals surface area contributed by atoms with Crippen LogP contribution >= 0.6 is 11.3 Å². The van der Waals surface area contributed by atoms with E-state index in [4.69, 9.17) is 0 Å². The Morgan fingerprint density at radius 1 is 1.03 bits per heavy atom. The van der Waals surface area contributed by atoms with E-state index in [0.717, 1.165) is 58.1 Å². The topological polar surface area (TPSA) is 102 Å². The van der Waals surface area contributed by atoms with Crippen LogP contribution in [0.25, 0.3) is 11.3 Å². The number of benzene rings is 2. The number of hydrogen-bond donors (Lipinski definition) is 1. The molecule has 1 aliphatic carbocycles. The number of amides is 2. The number of carboxylic acid groups (broad SMARTS) is 1. The number of carbonyl (C=O) groups excluding carboxylic acids is 3. The third-order valence-corrected chi connectivity index (χ3v) is 8.61. The SMILES string of the molecule is C[N+]1(C)CCN(C(=O)c2ccc(-c3csc(CNC(=O)C4(CC(=O)[O-])Cc5ccccc5C4)n3)cc2)CC1. The molecule has 2 heterocycles. The lowest BCUT2D eigenvalue weighted by molar-refractivity contribution is -0.894. The van der Waals surface area contributed by atoms with Gasteiger partial charge in [0.25, 0.3) is 5.91 Å². The molecule has 2 amide bonds. The number of fused-ring (bicyclic) bond motifs is 1. The van der Waals surface area contributed by atoms with E-state index in [1.54, 1.807) is 0 Å². The number of aromatic nitrogens is 1. The van der Waals surface area contributed by atoms with Gasteiger partial charge in [0, 0.05) is 28.9 Å². The van der Waals surface area contributed by atoms with Gasteiger partial charge in [-0.1, -0.05) is 36.4 Å². The number of hydrogen-bond acceptors (Lipinski definition) is 6. The molecule has 1 N–H and O–H groups in total. The third-order valence-electron chi connectivity index (χ3n) is 7.76. The maximum absolute atomic E-state index is 13.2. The minimum Gasteiger partial charge on any atom is -0.550 e. The summed E-state index contributed by atoms with van der Waals surface area (Å²) in [4.78, 5) is 44.2. The van der Waals surface area contributed by atoms with Crippen LogP contribution in [-0.2, 0) is 29.0 Å². The summed E-state index contributed by atoms with van der Waals surface area (Å²) < 4.78 is 0.931. The first-order valence-electron chi connectivity index (χ1n) is 12.9. The van der Waals surface area contributed by atoms with Gasteiger partial charge in [-0.05, 0) is 36.1 Å². The molecule has 1 fully saturated rings. The summed E-state index contributed by atoms with van der Waals surface area (Å²) in [5.74, 6) is -1.47. The van der Waals surface area contributed by atoms with E-state index in [9.17, 15) is 19.5 Å². The zero-order valence-corrected chi connectivity index (χ0v) is 22.6. The largest absolute Gasteiger partial charge is 0.550 e. The van der Waals surface area contributed by atoms with Gasteiger partial charge in [0.1, 0.15) is 5.01 Å². The summed E-state index contributed by atoms with van der Waals surface area (Å²) in [6, 6.07) is 15.2. The van der Waals surface area contributed by atoms with Crippen molar-refractivity contribution in [2.24, 2.45) is 5.41 Å². The fraction of sp³-hybridized carbons (Fsp3) is 0.379. The van der Waals surface area contributed by atoms with Crippen molar-refractivity contribution in [2.45, 2.75) is 25.8 Å². The molecule has 1 saturated heterocycles. The van der Waals surface area contributed by atoms with Crippen LogP contribution < -0.4 is 10.4 Å². The number of likely N-dealkylation sites (N-methyl/N-ethyl adjacent to an activating group) is 1. The molecule has 1 aromatic heterocycles. The molecule has 1 aliphatic heterocycles. The average molecular weight is 533 g/mol. The molecule has 2 aromatic carbocycles. The second kappa shape index (κ2) is 10.3. The molecule has 0 atom stereocenters. The number of aliphatic carboxylic acids is 1. The Labute approximate surface area is 226 Å². The molecule has 0 bridgehead atoms. The van der Waals surface area contributed by atoms with Gasteiger partial charge in [-0.3, -0.25) is 9.59 Å². The second-order valence-electron chi connectivity index (χ2n) is 11.0. The van der Waals surface area contributed by atoms with Gasteiger partial charge in [0.15, 0.2) is 0 Å². The van der Waals surface area contributed by atoms with Crippen LogP contribution in [0, 0.1) is 5.41 Å². The number of carboxylic acids is 1. The van der Waals surface area contributed by atoms with Crippen LogP contribution in [-0.4, -0.2) is 72.4 Å². The lowest BCUT2D eigenvalue weighted by Gasteiger charge is -2.39. The molecular weight excluding hydrogens is 500 g/mol. The van der Waals surface area contributed by atoms with Crippen LogP contribution in [0.15, 0.2) is 53.9 Å². The van der Waals surface area contributed by atoms with Crippen molar-refractivity contribution in [1.82, 2.24) is 15.2 Å². The summed E-state index contributed by atoms with van der Waals surface area (Å²) in [7, 11) is 4.37. The average Bonchev–Trinajstić information content (AvgIpc) is 3.51. The van der Waals surface area contributed by atoms with Crippen LogP contribution in [0.1, 0.15) is 32.9 Å². The molecular formula is C29H32N4O4S. The highest BCUT2D eigenvalue weighted by atomic mass is 32.1. The molecule has 5 rings (SSSR count). The monoisotopic (exact) mass is 532 g/mol. The normalized spacial score (nSPS) is 17.6. The van der Waals surface area contributed by atoms with E-state index in [0.29, 0.717) is 18.4 Å². The number of piperazine rings is 1. The van der Waals surface area contributed by atoms with Crippen molar-refractivity contribution in [3.8, 4) is 11.3 Å². The fourth-order valence-electron chi connectivity index (χ4n) is 5.38. The Bertz CT molecular complexity index is 1330. The van der Waals surface area contributed by atoms with E-state index in [-0.39, 0.29) is 24.8 Å². The number of quaternary nitrogens is 1. The maximum Gasteiger partial charge on any atom is 0.254 e. The number of carbonyl (C=O) groups is 3. The molecule has 0 spiro atoms. The first-order chi connectivity index (χ1) is 18.1. The van der Waals surface area contributed by atoms with Crippen molar-refractivity contribution in [1.29, 1.82) is 0 Å². The van der Waals surface area contributed by atoms with Crippen molar-refractivity contribution in [3.63, 3.8) is 0 Å². The Morgan fingerprint density at radius 2 is 1.66 bits per heavy atom. The Morgan fingerprint density at radius 3 is 2.26 bits per heavy atom. The number of nitrogens with one attached hydrogen (secondary N) is 1. The lowest BCUT2D eigenvalue weighted by atomic mass is 9.80. The smallest absolute Gasteiger partial charge is 0.254 e. The first-order valence-corrected chi connectivity index (χ1v) is 13.7. The maximum atomic E-state index is 13.2. The van der Waals surface area contributed by atoms with Crippen molar-refractivity contribution >= 4 is 29.1 Å². The van der Waals surface area contributed by atoms with E-state index in [2.05, 4.69) is 24.4 Å². The van der Waals surface area contributed by atoms with E-state index >= 15 is 0 Å². The summed E-state index contributed by atoms with van der Waals surface area (Å²) >= 11 is 1.43. The van der Waals surface area contributed by atoms with E-state index in [1.165, 1.54) is 11.3 Å². The minimum absolute atomic E-state index is 0.0532. The minimum atomic E-state index is -1.23. The van der Waals surface area contributed by atoms with E-state index in [1.807, 2.05) is 58.8 Å². The molecule has 0 radical (unpaired) electrons. The summed E-state index contributed by atoms with van der Waals surface area (Å²) in [6.07, 6.45) is 0.438. The Balaban J connectivity index is 1.21. The predicted molar refractivity (Wildman–Crippen MR) is 143 cm³/mol. The molecule has 0 saturated carbocycles. The summed E-state index contributed by atoms with van der Waals surface area (Å²) in [6.45, 7) is 3.62. The third kappa shape index (κ3) is 5.49. The zero-order valence-electron chi connectivity index (χ0n) is 21.7. The second-order valence-corrected chi connectivity index (χ2v) is 12.0. The van der Waals surface area contributed by atoms with Gasteiger partial charge in [0.05, 0.1) is 57.9 Å². The molecule has 2 aliphatic rings. The van der Waals surface area contributed by atoms with Crippen LogP contribution in [0.5, 0.6) is 0 Å². The lowest BCUT2D eigenvalue weighted by Crippen LogP contribution is -2.56. The molecule has 198 valence electrons. The highest BCUT2D eigenvalue weighted by molar-refractivity contribution is 7.09. The van der Waals surface area contributed by atoms with Gasteiger partial charge < -0.3 is 24.6 Å². The Kier molecular flexibility index (Phi) is 7.07. The van der Waals surface area contributed by atoms with E-state index < -0.39 is 11.4 Å². The van der Waals surface area contributed by atoms with Gasteiger partial charge in [-0.15, -0.1) is 11.3 Å². The summed E-state index contributed by atoms with van der Waals surface area (Å²) in [5.41, 5.74) is 3.30. The number of thiazole rings is 1. The molecule has 9 heteroatoms. The first kappa shape index (κ1) is 26.1. The van der Waals surface area contributed by atoms with Crippen LogP contribution in [0.2, 0.25) is 0 Å². The van der Waals surface area contributed by atoms with Crippen LogP contribution in [0.3, 0.4) is 0 Å². The van der Waals surface area contributed by atoms with Gasteiger partial charge in [-0.25, -0.2) is 4.98 Å². The standard InChI is InChI=1S/C29H32N4O4S/c1-33(2)13-11-32(12-14-33)27(36)21-9-7-20(8-10-21)24-19-38-25(31-24)18-30-28(37)29(17-26(34)35)15-22-5-3-4-6-23(22)16-29/h3-10,19H,11-18H2,1-2H3,(H-,30,34,35,37). The quantitative estimate of drug-likeness (QED) is 0.468. The fourth-order valence-corrected chi connectivity index (χ4v) is 6.12. The zero-order chi connectivity index (χ0) is 26.9. The Hall–Kier alpha value is -3.56.